The van der Waals surface area contributed by atoms with Crippen LogP contribution in [-0.4, -0.2) is 0 Å². The summed E-state index contributed by atoms with van der Waals surface area (Å²) >= 11 is 6.21. The smallest absolute Gasteiger partial charge is 0.0670 e. The van der Waals surface area contributed by atoms with Gasteiger partial charge in [-0.3, -0.25) is 0 Å². The Labute approximate surface area is 96.4 Å². The minimum absolute atomic E-state index is 0. The van der Waals surface area contributed by atoms with Crippen molar-refractivity contribution in [3.8, 4) is 5.30 Å². The van der Waals surface area contributed by atoms with Gasteiger partial charge in [0.2, 0.25) is 0 Å². The largest absolute Gasteiger partial charge is 0.147 e. The van der Waals surface area contributed by atoms with Gasteiger partial charge in [0.25, 0.3) is 0 Å². The fourth-order valence-corrected chi connectivity index (χ4v) is 3.67. The average Bonchev–Trinajstić information content (AvgIpc) is 2.49. The van der Waals surface area contributed by atoms with Crippen molar-refractivity contribution in [1.82, 2.24) is 0 Å². The summed E-state index contributed by atoms with van der Waals surface area (Å²) in [5.74, 6) is 2.21. The summed E-state index contributed by atoms with van der Waals surface area (Å²) in [6, 6.07) is 12.5. The Hall–Kier alpha value is -0.420. The second-order valence-electron chi connectivity index (χ2n) is 3.00. The van der Waals surface area contributed by atoms with Crippen LogP contribution in [-0.2, 0) is 0 Å². The lowest BCUT2D eigenvalue weighted by Crippen LogP contribution is -1.63. The lowest BCUT2D eigenvalue weighted by Gasteiger charge is -1.99. The normalized spacial score (nSPS) is 10.9. The van der Waals surface area contributed by atoms with E-state index in [-0.39, 0.29) is 19.9 Å². The predicted octanol–water partition coefficient (Wildman–Crippen LogP) is 5.05. The number of aryl methyl sites for hydroxylation is 1. The molecule has 1 aromatic carbocycles. The van der Waals surface area contributed by atoms with E-state index in [1.165, 1.54) is 10.9 Å². The van der Waals surface area contributed by atoms with E-state index < -0.39 is 0 Å². The summed E-state index contributed by atoms with van der Waals surface area (Å²) in [6.07, 6.45) is 0. The number of rotatable bonds is 1. The SMILES string of the molecule is Cc1ccp(-c2ccccc2)c1Cl.Cl. The molecule has 2 aromatic rings. The zero-order valence-electron chi connectivity index (χ0n) is 7.77. The standard InChI is InChI=1S/C11H10ClP.ClH/c1-9-7-8-13(11(9)12)10-5-3-2-4-6-10;/h2-8H,1H3;1H. The summed E-state index contributed by atoms with van der Waals surface area (Å²) in [6.45, 7) is 2.06. The first-order chi connectivity index (χ1) is 6.29. The van der Waals surface area contributed by atoms with Crippen molar-refractivity contribution in [3.05, 3.63) is 52.5 Å². The maximum Gasteiger partial charge on any atom is 0.0670 e. The molecule has 1 atom stereocenters. The van der Waals surface area contributed by atoms with Crippen LogP contribution in [0.2, 0.25) is 4.75 Å². The van der Waals surface area contributed by atoms with E-state index >= 15 is 0 Å². The fourth-order valence-electron chi connectivity index (χ4n) is 1.30. The molecular formula is C11H11Cl2P. The Morgan fingerprint density at radius 3 is 2.21 bits per heavy atom. The highest BCUT2D eigenvalue weighted by Crippen LogP contribution is 2.48. The van der Waals surface area contributed by atoms with Gasteiger partial charge in [-0.1, -0.05) is 55.5 Å². The summed E-state index contributed by atoms with van der Waals surface area (Å²) in [5, 5.41) is 1.33. The minimum atomic E-state index is -0.376. The second kappa shape index (κ2) is 4.89. The zero-order chi connectivity index (χ0) is 9.26. The lowest BCUT2D eigenvalue weighted by molar-refractivity contribution is 1.56. The average molecular weight is 245 g/mol. The number of hydrogen-bond donors (Lipinski definition) is 0. The van der Waals surface area contributed by atoms with Crippen LogP contribution in [0.15, 0.2) is 42.2 Å². The topological polar surface area (TPSA) is 0 Å². The maximum atomic E-state index is 6.21. The van der Waals surface area contributed by atoms with E-state index in [0.29, 0.717) is 0 Å². The molecule has 0 radical (unpaired) electrons. The molecule has 0 aliphatic carbocycles. The van der Waals surface area contributed by atoms with E-state index in [4.69, 9.17) is 11.6 Å². The van der Waals surface area contributed by atoms with Crippen molar-refractivity contribution in [2.45, 2.75) is 6.92 Å². The van der Waals surface area contributed by atoms with Gasteiger partial charge in [-0.05, 0) is 23.6 Å². The van der Waals surface area contributed by atoms with Crippen LogP contribution in [0.25, 0.3) is 5.30 Å². The monoisotopic (exact) mass is 244 g/mol. The molecule has 0 nitrogen and oxygen atoms in total. The van der Waals surface area contributed by atoms with Crippen LogP contribution in [0, 0.1) is 6.92 Å². The molecule has 1 unspecified atom stereocenters. The van der Waals surface area contributed by atoms with Gasteiger partial charge in [0.05, 0.1) is 4.75 Å². The van der Waals surface area contributed by atoms with Crippen molar-refractivity contribution in [1.29, 1.82) is 0 Å². The molecule has 0 N–H and O–H groups in total. The molecule has 0 aliphatic heterocycles. The number of benzene rings is 1. The Kier molecular flexibility index (Phi) is 4.07. The molecule has 3 heteroatoms. The van der Waals surface area contributed by atoms with Gasteiger partial charge in [-0.15, -0.1) is 12.4 Å². The fraction of sp³-hybridized carbons (Fsp3) is 0.0909. The van der Waals surface area contributed by atoms with Crippen LogP contribution in [0.1, 0.15) is 5.56 Å². The third-order valence-electron chi connectivity index (χ3n) is 2.04. The van der Waals surface area contributed by atoms with Gasteiger partial charge in [-0.25, -0.2) is 0 Å². The van der Waals surface area contributed by atoms with E-state index in [1.54, 1.807) is 0 Å². The van der Waals surface area contributed by atoms with Crippen molar-refractivity contribution in [2.75, 3.05) is 0 Å². The first kappa shape index (κ1) is 11.7. The highest BCUT2D eigenvalue weighted by atomic mass is 35.5. The third-order valence-corrected chi connectivity index (χ3v) is 4.97. The Morgan fingerprint density at radius 2 is 1.71 bits per heavy atom. The van der Waals surface area contributed by atoms with Crippen molar-refractivity contribution in [2.24, 2.45) is 0 Å². The Bertz CT molecular complexity index is 406. The summed E-state index contributed by atoms with van der Waals surface area (Å²) in [4.78, 5) is 0. The molecule has 0 saturated heterocycles. The van der Waals surface area contributed by atoms with E-state index in [2.05, 4.69) is 43.1 Å². The van der Waals surface area contributed by atoms with Crippen molar-refractivity contribution < 1.29 is 0 Å². The van der Waals surface area contributed by atoms with Crippen LogP contribution >= 0.6 is 31.5 Å². The quantitative estimate of drug-likeness (QED) is 0.659. The maximum absolute atomic E-state index is 6.21. The first-order valence-electron chi connectivity index (χ1n) is 4.18. The predicted molar refractivity (Wildman–Crippen MR) is 67.5 cm³/mol. The van der Waals surface area contributed by atoms with Gasteiger partial charge in [-0.2, -0.15) is 0 Å². The third kappa shape index (κ3) is 2.15. The number of hydrogen-bond acceptors (Lipinski definition) is 0. The molecule has 0 bridgehead atoms. The van der Waals surface area contributed by atoms with Crippen LogP contribution in [0.4, 0.5) is 0 Å². The van der Waals surface area contributed by atoms with Crippen molar-refractivity contribution in [3.63, 3.8) is 0 Å². The lowest BCUT2D eigenvalue weighted by atomic mass is 10.4. The second-order valence-corrected chi connectivity index (χ2v) is 5.64. The molecule has 0 aliphatic rings. The molecule has 0 amide bonds. The number of halogens is 2. The summed E-state index contributed by atoms with van der Waals surface area (Å²) in [7, 11) is -0.376. The Balaban J connectivity index is 0.000000980. The molecule has 74 valence electrons. The van der Waals surface area contributed by atoms with Gasteiger partial charge in [0.15, 0.2) is 0 Å². The van der Waals surface area contributed by atoms with E-state index in [9.17, 15) is 0 Å². The zero-order valence-corrected chi connectivity index (χ0v) is 10.2. The minimum Gasteiger partial charge on any atom is -0.147 e. The van der Waals surface area contributed by atoms with Gasteiger partial charge < -0.3 is 0 Å². The van der Waals surface area contributed by atoms with Gasteiger partial charge in [0.1, 0.15) is 0 Å². The van der Waals surface area contributed by atoms with Gasteiger partial charge in [0, 0.05) is 0 Å². The summed E-state index contributed by atoms with van der Waals surface area (Å²) in [5.41, 5.74) is 1.21. The molecule has 2 rings (SSSR count). The molecule has 0 fully saturated rings. The molecule has 0 saturated carbocycles. The summed E-state index contributed by atoms with van der Waals surface area (Å²) < 4.78 is 1.02. The Morgan fingerprint density at radius 1 is 1.07 bits per heavy atom. The molecule has 14 heavy (non-hydrogen) atoms. The van der Waals surface area contributed by atoms with Crippen LogP contribution < -0.4 is 0 Å². The first-order valence-corrected chi connectivity index (χ1v) is 5.97. The molecule has 0 spiro atoms. The van der Waals surface area contributed by atoms with Crippen LogP contribution in [0.3, 0.4) is 0 Å². The highest BCUT2D eigenvalue weighted by Gasteiger charge is 2.04. The van der Waals surface area contributed by atoms with Gasteiger partial charge >= 0.3 is 0 Å². The molecule has 1 aromatic heterocycles. The van der Waals surface area contributed by atoms with E-state index in [0.717, 1.165) is 4.75 Å². The van der Waals surface area contributed by atoms with Crippen molar-refractivity contribution >= 4 is 31.5 Å². The molecule has 1 heterocycles. The highest BCUT2D eigenvalue weighted by molar-refractivity contribution is 7.59. The molecular weight excluding hydrogens is 234 g/mol. The van der Waals surface area contributed by atoms with Crippen LogP contribution in [0.5, 0.6) is 0 Å². The van der Waals surface area contributed by atoms with E-state index in [1.807, 2.05) is 6.07 Å².